The number of aliphatic hydroxyl groups is 3. The fourth-order valence-electron chi connectivity index (χ4n) is 9.18. The average Bonchev–Trinajstić information content (AvgIpc) is 3.31. The van der Waals surface area contributed by atoms with E-state index in [0.29, 0.717) is 12.8 Å². The lowest BCUT2D eigenvalue weighted by molar-refractivity contribution is -0.124. The first-order valence-electron chi connectivity index (χ1n) is 29.3. The quantitative estimate of drug-likeness (QED) is 0.0361. The van der Waals surface area contributed by atoms with E-state index in [2.05, 4.69) is 55.6 Å². The molecule has 0 aromatic rings. The van der Waals surface area contributed by atoms with Gasteiger partial charge >= 0.3 is 0 Å². The Morgan fingerprint density at radius 1 is 0.369 bits per heavy atom. The molecule has 1 amide bonds. The molecule has 65 heavy (non-hydrogen) atoms. The molecule has 0 saturated heterocycles. The van der Waals surface area contributed by atoms with Crippen LogP contribution in [0.15, 0.2) is 36.5 Å². The second-order valence-corrected chi connectivity index (χ2v) is 20.2. The fraction of sp³-hybridized carbons (Fsp3) is 0.883. The summed E-state index contributed by atoms with van der Waals surface area (Å²) in [5.41, 5.74) is 0. The Morgan fingerprint density at radius 3 is 0.938 bits per heavy atom. The van der Waals surface area contributed by atoms with Crippen LogP contribution < -0.4 is 5.32 Å². The molecule has 0 aromatic heterocycles. The van der Waals surface area contributed by atoms with Gasteiger partial charge in [-0.3, -0.25) is 4.79 Å². The van der Waals surface area contributed by atoms with Gasteiger partial charge in [0.2, 0.25) is 5.91 Å². The van der Waals surface area contributed by atoms with E-state index < -0.39 is 18.2 Å². The first-order chi connectivity index (χ1) is 32.1. The SMILES string of the molecule is CCCCCCCCC/C=C/CC/C=C/CCCC(O)C(O)C(CO)NC(=O)CCCCCCCCCCCCCCCCCCC/C=C\CCCCCCCCCCCCCCCC. The number of allylic oxidation sites excluding steroid dienone is 6. The van der Waals surface area contributed by atoms with Gasteiger partial charge in [-0.05, 0) is 77.0 Å². The highest BCUT2D eigenvalue weighted by atomic mass is 16.3. The molecule has 0 radical (unpaired) electrons. The van der Waals surface area contributed by atoms with Crippen molar-refractivity contribution in [2.75, 3.05) is 6.61 Å². The topological polar surface area (TPSA) is 89.8 Å². The van der Waals surface area contributed by atoms with Crippen LogP contribution >= 0.6 is 0 Å². The molecule has 0 aliphatic heterocycles. The molecule has 3 atom stereocenters. The van der Waals surface area contributed by atoms with Gasteiger partial charge in [0.25, 0.3) is 0 Å². The minimum absolute atomic E-state index is 0.154. The van der Waals surface area contributed by atoms with Gasteiger partial charge in [0.05, 0.1) is 18.8 Å². The van der Waals surface area contributed by atoms with E-state index in [0.717, 1.165) is 44.9 Å². The summed E-state index contributed by atoms with van der Waals surface area (Å²) in [6, 6.07) is -0.832. The number of unbranched alkanes of at least 4 members (excludes halogenated alkanes) is 40. The molecule has 5 heteroatoms. The fourth-order valence-corrected chi connectivity index (χ4v) is 9.18. The van der Waals surface area contributed by atoms with Crippen molar-refractivity contribution in [2.24, 2.45) is 0 Å². The number of rotatable bonds is 54. The van der Waals surface area contributed by atoms with E-state index in [1.54, 1.807) is 0 Å². The summed E-state index contributed by atoms with van der Waals surface area (Å²) in [5.74, 6) is -0.154. The molecule has 5 nitrogen and oxygen atoms in total. The third-order valence-corrected chi connectivity index (χ3v) is 13.7. The zero-order chi connectivity index (χ0) is 47.2. The second-order valence-electron chi connectivity index (χ2n) is 20.2. The standard InChI is InChI=1S/C60H115NO4/c1-3-5-7-9-11-13-15-17-19-21-22-23-24-25-26-27-28-29-30-31-32-33-34-35-36-37-38-39-41-43-45-47-49-51-53-55-59(64)61-57(56-62)60(65)58(63)54-52-50-48-46-44-42-40-20-18-16-14-12-10-8-6-4-2/h20,27-28,40,46,48,57-58,60,62-63,65H,3-19,21-26,29-39,41-45,47,49-56H2,1-2H3,(H,61,64)/b28-27-,40-20+,48-46+. The number of carbonyl (C=O) groups is 1. The van der Waals surface area contributed by atoms with Gasteiger partial charge in [-0.15, -0.1) is 0 Å². The highest BCUT2D eigenvalue weighted by molar-refractivity contribution is 5.76. The van der Waals surface area contributed by atoms with Gasteiger partial charge in [0.1, 0.15) is 6.10 Å². The summed E-state index contributed by atoms with van der Waals surface area (Å²) < 4.78 is 0. The maximum atomic E-state index is 12.5. The molecule has 0 rings (SSSR count). The lowest BCUT2D eigenvalue weighted by Crippen LogP contribution is -2.50. The summed E-state index contributed by atoms with van der Waals surface area (Å²) >= 11 is 0. The molecular formula is C60H115NO4. The number of hydrogen-bond acceptors (Lipinski definition) is 4. The number of hydrogen-bond donors (Lipinski definition) is 4. The van der Waals surface area contributed by atoms with Crippen LogP contribution in [0.25, 0.3) is 0 Å². The minimum atomic E-state index is -1.17. The second kappa shape index (κ2) is 55.2. The molecule has 0 aromatic carbocycles. The van der Waals surface area contributed by atoms with Crippen LogP contribution in [0.4, 0.5) is 0 Å². The van der Waals surface area contributed by atoms with Gasteiger partial charge < -0.3 is 20.6 Å². The molecule has 0 aliphatic carbocycles. The first-order valence-corrected chi connectivity index (χ1v) is 29.3. The van der Waals surface area contributed by atoms with Gasteiger partial charge in [0, 0.05) is 6.42 Å². The van der Waals surface area contributed by atoms with Gasteiger partial charge in [0.15, 0.2) is 0 Å². The molecule has 0 saturated carbocycles. The summed E-state index contributed by atoms with van der Waals surface area (Å²) in [6.45, 7) is 4.18. The third-order valence-electron chi connectivity index (χ3n) is 13.7. The first kappa shape index (κ1) is 63.6. The Morgan fingerprint density at radius 2 is 0.631 bits per heavy atom. The Balaban J connectivity index is 3.49. The predicted octanol–water partition coefficient (Wildman–Crippen LogP) is 18.2. The highest BCUT2D eigenvalue weighted by Crippen LogP contribution is 2.17. The number of aliphatic hydroxyl groups excluding tert-OH is 3. The Bertz CT molecular complexity index is 1010. The summed E-state index contributed by atoms with van der Waals surface area (Å²) in [6.07, 6.45) is 71.8. The largest absolute Gasteiger partial charge is 0.394 e. The number of nitrogens with one attached hydrogen (secondary N) is 1. The van der Waals surface area contributed by atoms with E-state index in [1.807, 2.05) is 0 Å². The van der Waals surface area contributed by atoms with Gasteiger partial charge in [-0.25, -0.2) is 0 Å². The minimum Gasteiger partial charge on any atom is -0.394 e. The third kappa shape index (κ3) is 50.3. The lowest BCUT2D eigenvalue weighted by Gasteiger charge is -2.26. The normalized spacial score (nSPS) is 13.5. The monoisotopic (exact) mass is 914 g/mol. The molecule has 3 unspecified atom stereocenters. The predicted molar refractivity (Wildman–Crippen MR) is 287 cm³/mol. The molecule has 0 fully saturated rings. The zero-order valence-corrected chi connectivity index (χ0v) is 43.9. The maximum absolute atomic E-state index is 12.5. The van der Waals surface area contributed by atoms with E-state index in [1.165, 1.54) is 244 Å². The summed E-state index contributed by atoms with van der Waals surface area (Å²) in [5, 5.41) is 33.7. The maximum Gasteiger partial charge on any atom is 0.220 e. The molecule has 0 aliphatic rings. The van der Waals surface area contributed by atoms with Crippen molar-refractivity contribution in [3.05, 3.63) is 36.5 Å². The zero-order valence-electron chi connectivity index (χ0n) is 43.9. The van der Waals surface area contributed by atoms with Crippen molar-refractivity contribution in [3.8, 4) is 0 Å². The average molecular weight is 915 g/mol. The van der Waals surface area contributed by atoms with Crippen LogP contribution in [-0.2, 0) is 4.79 Å². The van der Waals surface area contributed by atoms with Crippen LogP contribution in [-0.4, -0.2) is 46.1 Å². The summed E-state index contributed by atoms with van der Waals surface area (Å²) in [7, 11) is 0. The van der Waals surface area contributed by atoms with E-state index >= 15 is 0 Å². The Kier molecular flexibility index (Phi) is 54.0. The smallest absolute Gasteiger partial charge is 0.220 e. The number of carbonyl (C=O) groups excluding carboxylic acids is 1. The van der Waals surface area contributed by atoms with Crippen LogP contribution in [0.2, 0.25) is 0 Å². The molecular weight excluding hydrogens is 799 g/mol. The van der Waals surface area contributed by atoms with Gasteiger partial charge in [-0.1, -0.05) is 269 Å². The van der Waals surface area contributed by atoms with Crippen molar-refractivity contribution < 1.29 is 20.1 Å². The lowest BCUT2D eigenvalue weighted by atomic mass is 10.0. The molecule has 384 valence electrons. The van der Waals surface area contributed by atoms with Crippen LogP contribution in [0.3, 0.4) is 0 Å². The molecule has 0 spiro atoms. The Hall–Kier alpha value is -1.43. The van der Waals surface area contributed by atoms with Crippen molar-refractivity contribution in [1.29, 1.82) is 0 Å². The Labute approximate surface area is 406 Å². The van der Waals surface area contributed by atoms with Crippen LogP contribution in [0, 0.1) is 0 Å². The van der Waals surface area contributed by atoms with E-state index in [9.17, 15) is 20.1 Å². The highest BCUT2D eigenvalue weighted by Gasteiger charge is 2.26. The van der Waals surface area contributed by atoms with E-state index in [-0.39, 0.29) is 12.5 Å². The van der Waals surface area contributed by atoms with Crippen molar-refractivity contribution >= 4 is 5.91 Å². The molecule has 0 bridgehead atoms. The molecule has 0 heterocycles. The molecule has 4 N–H and O–H groups in total. The summed E-state index contributed by atoms with van der Waals surface area (Å²) in [4.78, 5) is 12.5. The van der Waals surface area contributed by atoms with Crippen molar-refractivity contribution in [1.82, 2.24) is 5.32 Å². The van der Waals surface area contributed by atoms with Crippen LogP contribution in [0.5, 0.6) is 0 Å². The van der Waals surface area contributed by atoms with Crippen molar-refractivity contribution in [3.63, 3.8) is 0 Å². The van der Waals surface area contributed by atoms with E-state index in [4.69, 9.17) is 0 Å². The van der Waals surface area contributed by atoms with Crippen LogP contribution in [0.1, 0.15) is 316 Å². The van der Waals surface area contributed by atoms with Gasteiger partial charge in [-0.2, -0.15) is 0 Å². The number of amides is 1. The van der Waals surface area contributed by atoms with Crippen molar-refractivity contribution in [2.45, 2.75) is 334 Å².